The second-order valence-electron chi connectivity index (χ2n) is 5.96. The van der Waals surface area contributed by atoms with Crippen LogP contribution in [0.3, 0.4) is 0 Å². The molecule has 1 aromatic rings. The Bertz CT molecular complexity index is 610. The zero-order valence-corrected chi connectivity index (χ0v) is 12.3. The van der Waals surface area contributed by atoms with Gasteiger partial charge in [-0.2, -0.15) is 0 Å². The number of aliphatic hydroxyl groups is 1. The molecule has 0 radical (unpaired) electrons. The summed E-state index contributed by atoms with van der Waals surface area (Å²) >= 11 is 0. The number of amides is 2. The van der Waals surface area contributed by atoms with Crippen molar-refractivity contribution in [1.82, 2.24) is 4.90 Å². The van der Waals surface area contributed by atoms with Crippen LogP contribution in [0.1, 0.15) is 35.2 Å². The van der Waals surface area contributed by atoms with E-state index in [0.29, 0.717) is 31.6 Å². The number of aryl methyl sites for hydroxylation is 1. The van der Waals surface area contributed by atoms with Gasteiger partial charge in [-0.15, -0.1) is 0 Å². The monoisotopic (exact) mass is 306 g/mol. The number of nitrogens with one attached hydrogen (secondary N) is 1. The zero-order valence-electron chi connectivity index (χ0n) is 12.3. The fourth-order valence-corrected chi connectivity index (χ4v) is 3.06. The number of carbonyl (C=O) groups is 2. The Kier molecular flexibility index (Phi) is 4.11. The number of rotatable bonds is 2. The zero-order chi connectivity index (χ0) is 15.7. The van der Waals surface area contributed by atoms with Crippen molar-refractivity contribution in [1.29, 1.82) is 0 Å². The van der Waals surface area contributed by atoms with Crippen LogP contribution < -0.4 is 5.32 Å². The summed E-state index contributed by atoms with van der Waals surface area (Å²) in [6.45, 7) is 1.21. The lowest BCUT2D eigenvalue weighted by Gasteiger charge is -2.31. The van der Waals surface area contributed by atoms with Gasteiger partial charge in [0.2, 0.25) is 5.91 Å². The highest BCUT2D eigenvalue weighted by molar-refractivity contribution is 5.98. The Morgan fingerprint density at radius 1 is 1.32 bits per heavy atom. The summed E-state index contributed by atoms with van der Waals surface area (Å²) in [7, 11) is 0. The fraction of sp³-hybridized carbons (Fsp3) is 0.500. The Morgan fingerprint density at radius 2 is 2.05 bits per heavy atom. The van der Waals surface area contributed by atoms with Crippen LogP contribution in [-0.4, -0.2) is 41.5 Å². The molecule has 0 spiro atoms. The Labute approximate surface area is 128 Å². The number of halogens is 1. The topological polar surface area (TPSA) is 69.6 Å². The van der Waals surface area contributed by atoms with Crippen molar-refractivity contribution >= 4 is 17.5 Å². The third kappa shape index (κ3) is 2.83. The van der Waals surface area contributed by atoms with Gasteiger partial charge in [-0.3, -0.25) is 9.59 Å². The van der Waals surface area contributed by atoms with Crippen LogP contribution in [0.4, 0.5) is 10.1 Å². The van der Waals surface area contributed by atoms with Gasteiger partial charge in [-0.05, 0) is 42.9 Å². The van der Waals surface area contributed by atoms with Gasteiger partial charge in [0.15, 0.2) is 0 Å². The number of likely N-dealkylation sites (tertiary alicyclic amines) is 1. The largest absolute Gasteiger partial charge is 0.396 e. The first kappa shape index (κ1) is 15.0. The molecule has 6 heteroatoms. The predicted octanol–water partition coefficient (Wildman–Crippen LogP) is 1.55. The van der Waals surface area contributed by atoms with E-state index >= 15 is 0 Å². The second-order valence-corrected chi connectivity index (χ2v) is 5.96. The van der Waals surface area contributed by atoms with Crippen molar-refractivity contribution in [2.45, 2.75) is 25.7 Å². The lowest BCUT2D eigenvalue weighted by molar-refractivity contribution is -0.116. The molecule has 1 saturated heterocycles. The third-order valence-corrected chi connectivity index (χ3v) is 4.48. The minimum atomic E-state index is -0.602. The molecule has 0 aromatic heterocycles. The van der Waals surface area contributed by atoms with Gasteiger partial charge >= 0.3 is 0 Å². The van der Waals surface area contributed by atoms with Crippen molar-refractivity contribution in [2.75, 3.05) is 25.0 Å². The van der Waals surface area contributed by atoms with Crippen LogP contribution in [-0.2, 0) is 11.2 Å². The number of hydrogen-bond donors (Lipinski definition) is 2. The molecule has 0 atom stereocenters. The summed E-state index contributed by atoms with van der Waals surface area (Å²) in [6.07, 6.45) is 2.36. The van der Waals surface area contributed by atoms with Crippen LogP contribution in [0.5, 0.6) is 0 Å². The molecule has 1 fully saturated rings. The van der Waals surface area contributed by atoms with E-state index in [2.05, 4.69) is 5.32 Å². The Morgan fingerprint density at radius 3 is 2.73 bits per heavy atom. The summed E-state index contributed by atoms with van der Waals surface area (Å²) in [5.74, 6) is -0.812. The molecule has 118 valence electrons. The number of nitrogens with zero attached hydrogens (tertiary/aromatic N) is 1. The number of benzene rings is 1. The Hall–Kier alpha value is -1.95. The van der Waals surface area contributed by atoms with E-state index < -0.39 is 5.82 Å². The molecule has 22 heavy (non-hydrogen) atoms. The quantitative estimate of drug-likeness (QED) is 0.871. The van der Waals surface area contributed by atoms with Crippen LogP contribution >= 0.6 is 0 Å². The summed E-state index contributed by atoms with van der Waals surface area (Å²) in [5.41, 5.74) is 1.33. The molecular weight excluding hydrogens is 287 g/mol. The average Bonchev–Trinajstić information content (AvgIpc) is 2.53. The fourth-order valence-electron chi connectivity index (χ4n) is 3.06. The summed E-state index contributed by atoms with van der Waals surface area (Å²) in [6, 6.07) is 2.80. The number of fused-ring (bicyclic) bond motifs is 1. The standard InChI is InChI=1S/C16H19FN2O3/c17-13-8-14-11(1-2-15(21)18-14)7-12(13)16(22)19-5-3-10(9-20)4-6-19/h7-8,10,20H,1-6,9H2,(H,18,21). The van der Waals surface area contributed by atoms with Crippen molar-refractivity contribution in [3.05, 3.63) is 29.1 Å². The van der Waals surface area contributed by atoms with E-state index in [1.807, 2.05) is 0 Å². The maximum atomic E-state index is 14.2. The molecule has 0 unspecified atom stereocenters. The highest BCUT2D eigenvalue weighted by Gasteiger charge is 2.27. The number of hydrogen-bond acceptors (Lipinski definition) is 3. The van der Waals surface area contributed by atoms with Gasteiger partial charge in [0, 0.05) is 31.8 Å². The maximum absolute atomic E-state index is 14.2. The van der Waals surface area contributed by atoms with Gasteiger partial charge in [0.05, 0.1) is 5.56 Å². The van der Waals surface area contributed by atoms with Crippen molar-refractivity contribution in [3.63, 3.8) is 0 Å². The number of anilines is 1. The summed E-state index contributed by atoms with van der Waals surface area (Å²) < 4.78 is 14.2. The smallest absolute Gasteiger partial charge is 0.256 e. The van der Waals surface area contributed by atoms with Crippen molar-refractivity contribution < 1.29 is 19.1 Å². The minimum absolute atomic E-state index is 0.0670. The summed E-state index contributed by atoms with van der Waals surface area (Å²) in [5, 5.41) is 11.8. The first-order valence-corrected chi connectivity index (χ1v) is 7.61. The molecule has 0 aliphatic carbocycles. The molecule has 2 N–H and O–H groups in total. The molecule has 2 amide bonds. The maximum Gasteiger partial charge on any atom is 0.256 e. The number of piperidine rings is 1. The van der Waals surface area contributed by atoms with E-state index in [1.54, 1.807) is 11.0 Å². The van der Waals surface area contributed by atoms with E-state index in [1.165, 1.54) is 6.07 Å². The van der Waals surface area contributed by atoms with Gasteiger partial charge < -0.3 is 15.3 Å². The minimum Gasteiger partial charge on any atom is -0.396 e. The molecule has 3 rings (SSSR count). The van der Waals surface area contributed by atoms with Crippen LogP contribution in [0.25, 0.3) is 0 Å². The van der Waals surface area contributed by atoms with Crippen molar-refractivity contribution in [3.8, 4) is 0 Å². The normalized spacial score (nSPS) is 18.8. The van der Waals surface area contributed by atoms with Crippen LogP contribution in [0.15, 0.2) is 12.1 Å². The molecule has 0 saturated carbocycles. The van der Waals surface area contributed by atoms with Crippen molar-refractivity contribution in [2.24, 2.45) is 5.92 Å². The second kappa shape index (κ2) is 6.04. The lowest BCUT2D eigenvalue weighted by Crippen LogP contribution is -2.39. The van der Waals surface area contributed by atoms with Gasteiger partial charge in [0.1, 0.15) is 5.82 Å². The Balaban J connectivity index is 1.80. The molecule has 2 heterocycles. The lowest BCUT2D eigenvalue weighted by atomic mass is 9.96. The molecule has 5 nitrogen and oxygen atoms in total. The first-order valence-electron chi connectivity index (χ1n) is 7.61. The van der Waals surface area contributed by atoms with E-state index in [-0.39, 0.29) is 29.9 Å². The SMILES string of the molecule is O=C1CCc2cc(C(=O)N3CCC(CO)CC3)c(F)cc2N1. The highest BCUT2D eigenvalue weighted by atomic mass is 19.1. The predicted molar refractivity (Wildman–Crippen MR) is 79.1 cm³/mol. The number of carbonyl (C=O) groups excluding carboxylic acids is 2. The molecule has 2 aliphatic rings. The molecular formula is C16H19FN2O3. The van der Waals surface area contributed by atoms with E-state index in [9.17, 15) is 14.0 Å². The van der Waals surface area contributed by atoms with Crippen LogP contribution in [0, 0.1) is 11.7 Å². The molecule has 0 bridgehead atoms. The molecule has 1 aromatic carbocycles. The van der Waals surface area contributed by atoms with Gasteiger partial charge in [-0.25, -0.2) is 4.39 Å². The van der Waals surface area contributed by atoms with Gasteiger partial charge in [0.25, 0.3) is 5.91 Å². The van der Waals surface area contributed by atoms with Gasteiger partial charge in [-0.1, -0.05) is 0 Å². The highest BCUT2D eigenvalue weighted by Crippen LogP contribution is 2.27. The van der Waals surface area contributed by atoms with Crippen LogP contribution in [0.2, 0.25) is 0 Å². The molecule has 2 aliphatic heterocycles. The van der Waals surface area contributed by atoms with E-state index in [4.69, 9.17) is 5.11 Å². The summed E-state index contributed by atoms with van der Waals surface area (Å²) in [4.78, 5) is 25.5. The van der Waals surface area contributed by atoms with E-state index in [0.717, 1.165) is 18.4 Å². The number of aliphatic hydroxyl groups excluding tert-OH is 1. The first-order chi connectivity index (χ1) is 10.6. The third-order valence-electron chi connectivity index (χ3n) is 4.48. The average molecular weight is 306 g/mol.